The average Bonchev–Trinajstić information content (AvgIpc) is 2.85. The van der Waals surface area contributed by atoms with Crippen molar-refractivity contribution >= 4 is 0 Å². The van der Waals surface area contributed by atoms with Gasteiger partial charge in [0.15, 0.2) is 0 Å². The van der Waals surface area contributed by atoms with E-state index >= 15 is 0 Å². The second-order valence-corrected chi connectivity index (χ2v) is 6.20. The highest BCUT2D eigenvalue weighted by molar-refractivity contribution is 4.99. The molecule has 2 aliphatic carbocycles. The maximum Gasteiger partial charge on any atom is -0.0274 e. The maximum absolute atomic E-state index is 2.54. The summed E-state index contributed by atoms with van der Waals surface area (Å²) >= 11 is 0. The van der Waals surface area contributed by atoms with Crippen molar-refractivity contribution in [3.8, 4) is 0 Å². The third-order valence-electron chi connectivity index (χ3n) is 5.48. The van der Waals surface area contributed by atoms with Gasteiger partial charge in [0.1, 0.15) is 0 Å². The lowest BCUT2D eigenvalue weighted by Gasteiger charge is -2.51. The Hall–Kier alpha value is 0. The van der Waals surface area contributed by atoms with E-state index in [1.807, 2.05) is 0 Å². The Morgan fingerprint density at radius 2 is 1.79 bits per heavy atom. The van der Waals surface area contributed by atoms with E-state index < -0.39 is 0 Å². The predicted molar refractivity (Wildman–Crippen MR) is 62.2 cm³/mol. The first-order chi connectivity index (χ1) is 6.59. The third-order valence-corrected chi connectivity index (χ3v) is 5.48. The van der Waals surface area contributed by atoms with Crippen LogP contribution < -0.4 is 0 Å². The van der Waals surface area contributed by atoms with Gasteiger partial charge in [0, 0.05) is 0 Å². The van der Waals surface area contributed by atoms with Crippen LogP contribution in [0.2, 0.25) is 0 Å². The lowest BCUT2D eigenvalue weighted by atomic mass is 9.54. The van der Waals surface area contributed by atoms with Gasteiger partial charge >= 0.3 is 0 Å². The minimum absolute atomic E-state index is 0.630. The second kappa shape index (κ2) is 3.54. The summed E-state index contributed by atoms with van der Waals surface area (Å²) in [5.41, 5.74) is 0.630. The van der Waals surface area contributed by atoms with Crippen molar-refractivity contribution in [3.05, 3.63) is 0 Å². The van der Waals surface area contributed by atoms with Gasteiger partial charge in [-0.2, -0.15) is 0 Å². The molecule has 0 heteroatoms. The Morgan fingerprint density at radius 3 is 2.07 bits per heavy atom. The smallest absolute Gasteiger partial charge is 0.0274 e. The first-order valence-electron chi connectivity index (χ1n) is 6.59. The van der Waals surface area contributed by atoms with Gasteiger partial charge in [-0.25, -0.2) is 0 Å². The van der Waals surface area contributed by atoms with E-state index in [1.54, 1.807) is 12.8 Å². The molecule has 0 heterocycles. The highest BCUT2D eigenvalue weighted by atomic mass is 14.5. The van der Waals surface area contributed by atoms with Crippen LogP contribution in [0.4, 0.5) is 0 Å². The van der Waals surface area contributed by atoms with Crippen molar-refractivity contribution in [2.24, 2.45) is 29.1 Å². The Labute approximate surface area is 89.5 Å². The zero-order valence-electron chi connectivity index (χ0n) is 10.3. The van der Waals surface area contributed by atoms with Crippen molar-refractivity contribution < 1.29 is 0 Å². The summed E-state index contributed by atoms with van der Waals surface area (Å²) in [7, 11) is 0. The van der Waals surface area contributed by atoms with E-state index in [0.29, 0.717) is 5.41 Å². The highest BCUT2D eigenvalue weighted by Gasteiger charge is 2.50. The van der Waals surface area contributed by atoms with E-state index in [0.717, 1.165) is 23.7 Å². The summed E-state index contributed by atoms with van der Waals surface area (Å²) in [4.78, 5) is 0. The van der Waals surface area contributed by atoms with E-state index in [2.05, 4.69) is 27.7 Å². The molecule has 0 saturated heterocycles. The van der Waals surface area contributed by atoms with Gasteiger partial charge in [0.25, 0.3) is 0 Å². The molecule has 3 atom stereocenters. The first-order valence-corrected chi connectivity index (χ1v) is 6.59. The minimum atomic E-state index is 0.630. The summed E-state index contributed by atoms with van der Waals surface area (Å²) in [5.74, 6) is 4.17. The van der Waals surface area contributed by atoms with Gasteiger partial charge in [-0.05, 0) is 54.8 Å². The number of hydrogen-bond donors (Lipinski definition) is 0. The molecule has 2 fully saturated rings. The van der Waals surface area contributed by atoms with Crippen LogP contribution in [0.15, 0.2) is 0 Å². The first kappa shape index (κ1) is 10.5. The SMILES string of the molecule is CCC(C)(C(C)C)C1CCC1C1CC1. The average molecular weight is 194 g/mol. The summed E-state index contributed by atoms with van der Waals surface area (Å²) in [6.45, 7) is 9.77. The highest BCUT2D eigenvalue weighted by Crippen LogP contribution is 2.58. The Bertz CT molecular complexity index is 202. The van der Waals surface area contributed by atoms with Crippen molar-refractivity contribution in [1.29, 1.82) is 0 Å². The van der Waals surface area contributed by atoms with E-state index in [9.17, 15) is 0 Å². The molecule has 14 heavy (non-hydrogen) atoms. The topological polar surface area (TPSA) is 0 Å². The molecule has 0 spiro atoms. The van der Waals surface area contributed by atoms with Crippen molar-refractivity contribution in [3.63, 3.8) is 0 Å². The normalized spacial score (nSPS) is 36.6. The van der Waals surface area contributed by atoms with Crippen LogP contribution in [0.25, 0.3) is 0 Å². The van der Waals surface area contributed by atoms with E-state index in [-0.39, 0.29) is 0 Å². The Balaban J connectivity index is 2.04. The molecular formula is C14H26. The number of hydrogen-bond acceptors (Lipinski definition) is 0. The molecule has 0 aromatic heterocycles. The third kappa shape index (κ3) is 1.51. The van der Waals surface area contributed by atoms with Gasteiger partial charge in [0.2, 0.25) is 0 Å². The Morgan fingerprint density at radius 1 is 1.14 bits per heavy atom. The molecule has 0 aromatic carbocycles. The van der Waals surface area contributed by atoms with Crippen LogP contribution in [0, 0.1) is 29.1 Å². The maximum atomic E-state index is 2.54. The fourth-order valence-corrected chi connectivity index (χ4v) is 3.53. The summed E-state index contributed by atoms with van der Waals surface area (Å²) in [6.07, 6.45) is 7.51. The second-order valence-electron chi connectivity index (χ2n) is 6.20. The lowest BCUT2D eigenvalue weighted by Crippen LogP contribution is -2.43. The zero-order chi connectivity index (χ0) is 10.3. The molecule has 0 radical (unpaired) electrons. The fourth-order valence-electron chi connectivity index (χ4n) is 3.53. The molecule has 0 bridgehead atoms. The largest absolute Gasteiger partial charge is 0.0648 e. The van der Waals surface area contributed by atoms with Gasteiger partial charge in [-0.1, -0.05) is 34.1 Å². The van der Waals surface area contributed by atoms with Gasteiger partial charge in [-0.3, -0.25) is 0 Å². The van der Waals surface area contributed by atoms with Crippen molar-refractivity contribution in [2.75, 3.05) is 0 Å². The molecule has 0 aromatic rings. The van der Waals surface area contributed by atoms with E-state index in [4.69, 9.17) is 0 Å². The summed E-state index contributed by atoms with van der Waals surface area (Å²) < 4.78 is 0. The zero-order valence-corrected chi connectivity index (χ0v) is 10.3. The quantitative estimate of drug-likeness (QED) is 0.618. The van der Waals surface area contributed by atoms with Crippen LogP contribution >= 0.6 is 0 Å². The van der Waals surface area contributed by atoms with Crippen LogP contribution in [0.5, 0.6) is 0 Å². The molecule has 3 unspecified atom stereocenters. The molecule has 82 valence electrons. The van der Waals surface area contributed by atoms with Crippen LogP contribution in [0.3, 0.4) is 0 Å². The Kier molecular flexibility index (Phi) is 2.66. The van der Waals surface area contributed by atoms with Gasteiger partial charge < -0.3 is 0 Å². The lowest BCUT2D eigenvalue weighted by molar-refractivity contribution is -0.0191. The summed E-state index contributed by atoms with van der Waals surface area (Å²) in [5, 5.41) is 0. The summed E-state index contributed by atoms with van der Waals surface area (Å²) in [6, 6.07) is 0. The molecule has 2 aliphatic rings. The van der Waals surface area contributed by atoms with Crippen LogP contribution in [-0.4, -0.2) is 0 Å². The molecule has 0 aliphatic heterocycles. The van der Waals surface area contributed by atoms with E-state index in [1.165, 1.54) is 19.3 Å². The van der Waals surface area contributed by atoms with Crippen LogP contribution in [-0.2, 0) is 0 Å². The molecule has 0 N–H and O–H groups in total. The van der Waals surface area contributed by atoms with Gasteiger partial charge in [0.05, 0.1) is 0 Å². The molecule has 2 saturated carbocycles. The van der Waals surface area contributed by atoms with Crippen molar-refractivity contribution in [1.82, 2.24) is 0 Å². The number of rotatable bonds is 4. The van der Waals surface area contributed by atoms with Gasteiger partial charge in [-0.15, -0.1) is 0 Å². The fraction of sp³-hybridized carbons (Fsp3) is 1.00. The molecule has 0 amide bonds. The molecule has 2 rings (SSSR count). The van der Waals surface area contributed by atoms with Crippen molar-refractivity contribution in [2.45, 2.75) is 59.8 Å². The predicted octanol–water partition coefficient (Wildman–Crippen LogP) is 4.49. The molecule has 0 nitrogen and oxygen atoms in total. The van der Waals surface area contributed by atoms with Crippen LogP contribution in [0.1, 0.15) is 59.8 Å². The molecular weight excluding hydrogens is 168 g/mol. The monoisotopic (exact) mass is 194 g/mol. The minimum Gasteiger partial charge on any atom is -0.0648 e. The standard InChI is InChI=1S/C14H26/c1-5-14(4,10(2)3)13-9-8-12(13)11-6-7-11/h10-13H,5-9H2,1-4H3.